The minimum atomic E-state index is -0.648. The van der Waals surface area contributed by atoms with Crippen LogP contribution in [0.4, 0.5) is 0 Å². The van der Waals surface area contributed by atoms with E-state index in [-0.39, 0.29) is 22.3 Å². The first-order valence-corrected chi connectivity index (χ1v) is 8.09. The number of nitrogens with zero attached hydrogens (tertiary/aromatic N) is 1. The molecule has 3 aromatic rings. The summed E-state index contributed by atoms with van der Waals surface area (Å²) in [5.74, 6) is -1.06. The molecule has 1 atom stereocenters. The van der Waals surface area contributed by atoms with E-state index < -0.39 is 11.8 Å². The zero-order valence-electron chi connectivity index (χ0n) is 13.5. The minimum Gasteiger partial charge on any atom is -0.366 e. The van der Waals surface area contributed by atoms with E-state index >= 15 is 0 Å². The third kappa shape index (κ3) is 3.46. The molecule has 1 heterocycles. The molecule has 0 radical (unpaired) electrons. The average Bonchev–Trinajstić information content (AvgIpc) is 2.60. The molecule has 0 unspecified atom stereocenters. The fourth-order valence-electron chi connectivity index (χ4n) is 2.71. The Labute approximate surface area is 149 Å². The van der Waals surface area contributed by atoms with Crippen LogP contribution < -0.4 is 11.1 Å². The number of pyridine rings is 1. The topological polar surface area (TPSA) is 85.1 Å². The molecule has 6 heteroatoms. The van der Waals surface area contributed by atoms with E-state index in [0.717, 1.165) is 16.3 Å². The number of rotatable bonds is 4. The van der Waals surface area contributed by atoms with Gasteiger partial charge in [0.05, 0.1) is 16.6 Å². The smallest absolute Gasteiger partial charge is 0.271 e. The largest absolute Gasteiger partial charge is 0.366 e. The Morgan fingerprint density at radius 1 is 1.16 bits per heavy atom. The zero-order chi connectivity index (χ0) is 18.0. The summed E-state index contributed by atoms with van der Waals surface area (Å²) < 4.78 is 0. The fourth-order valence-corrected chi connectivity index (χ4v) is 2.96. The molecule has 0 fully saturated rings. The van der Waals surface area contributed by atoms with Crippen LogP contribution in [0, 0.1) is 0 Å². The van der Waals surface area contributed by atoms with Crippen LogP contribution in [-0.2, 0) is 0 Å². The van der Waals surface area contributed by atoms with Gasteiger partial charge in [-0.05, 0) is 29.3 Å². The molecule has 3 N–H and O–H groups in total. The van der Waals surface area contributed by atoms with Crippen LogP contribution in [0.1, 0.15) is 39.4 Å². The van der Waals surface area contributed by atoms with Crippen LogP contribution in [0.2, 0.25) is 5.02 Å². The van der Waals surface area contributed by atoms with Crippen molar-refractivity contribution in [1.82, 2.24) is 10.3 Å². The number of hydrogen-bond acceptors (Lipinski definition) is 3. The lowest BCUT2D eigenvalue weighted by Gasteiger charge is -2.17. The summed E-state index contributed by atoms with van der Waals surface area (Å²) in [7, 11) is 0. The number of fused-ring (bicyclic) bond motifs is 1. The van der Waals surface area contributed by atoms with Gasteiger partial charge < -0.3 is 11.1 Å². The average molecular weight is 354 g/mol. The van der Waals surface area contributed by atoms with E-state index in [1.807, 2.05) is 49.4 Å². The number of carbonyl (C=O) groups excluding carboxylic acids is 2. The lowest BCUT2D eigenvalue weighted by atomic mass is 9.99. The van der Waals surface area contributed by atoms with Crippen molar-refractivity contribution in [3.8, 4) is 0 Å². The van der Waals surface area contributed by atoms with Gasteiger partial charge in [0.2, 0.25) is 5.91 Å². The van der Waals surface area contributed by atoms with Crippen LogP contribution in [0.15, 0.2) is 54.7 Å². The van der Waals surface area contributed by atoms with Gasteiger partial charge in [0.25, 0.3) is 5.91 Å². The molecular weight excluding hydrogens is 338 g/mol. The normalized spacial score (nSPS) is 11.9. The Bertz CT molecular complexity index is 967. The predicted octanol–water partition coefficient (Wildman–Crippen LogP) is 3.48. The van der Waals surface area contributed by atoms with Crippen LogP contribution in [0.5, 0.6) is 0 Å². The maximum atomic E-state index is 12.5. The Kier molecular flexibility index (Phi) is 4.67. The van der Waals surface area contributed by atoms with Crippen molar-refractivity contribution in [2.45, 2.75) is 13.0 Å². The predicted molar refractivity (Wildman–Crippen MR) is 97.6 cm³/mol. The molecule has 0 aliphatic heterocycles. The SMILES string of the molecule is C[C@@H](NC(=O)c1ncc(C(N)=O)cc1Cl)c1cccc2ccccc12. The Balaban J connectivity index is 1.86. The zero-order valence-corrected chi connectivity index (χ0v) is 14.2. The molecule has 0 spiro atoms. The number of nitrogens with one attached hydrogen (secondary N) is 1. The molecule has 5 nitrogen and oxygen atoms in total. The number of aromatic nitrogens is 1. The van der Waals surface area contributed by atoms with E-state index in [2.05, 4.69) is 10.3 Å². The highest BCUT2D eigenvalue weighted by Crippen LogP contribution is 2.24. The van der Waals surface area contributed by atoms with Gasteiger partial charge in [-0.15, -0.1) is 0 Å². The van der Waals surface area contributed by atoms with E-state index in [9.17, 15) is 9.59 Å². The summed E-state index contributed by atoms with van der Waals surface area (Å²) >= 11 is 6.06. The molecule has 1 aromatic heterocycles. The van der Waals surface area contributed by atoms with Crippen molar-refractivity contribution in [2.75, 3.05) is 0 Å². The second-order valence-corrected chi connectivity index (χ2v) is 6.09. The van der Waals surface area contributed by atoms with Crippen molar-refractivity contribution in [3.05, 3.63) is 76.6 Å². The van der Waals surface area contributed by atoms with Crippen molar-refractivity contribution in [1.29, 1.82) is 0 Å². The number of hydrogen-bond donors (Lipinski definition) is 2. The van der Waals surface area contributed by atoms with Crippen LogP contribution >= 0.6 is 11.6 Å². The van der Waals surface area contributed by atoms with E-state index in [4.69, 9.17) is 17.3 Å². The molecule has 25 heavy (non-hydrogen) atoms. The Morgan fingerprint density at radius 3 is 2.60 bits per heavy atom. The number of amides is 2. The number of halogens is 1. The Hall–Kier alpha value is -2.92. The Morgan fingerprint density at radius 2 is 1.88 bits per heavy atom. The molecule has 2 amide bonds. The molecule has 0 aliphatic carbocycles. The quantitative estimate of drug-likeness (QED) is 0.753. The van der Waals surface area contributed by atoms with Gasteiger partial charge in [-0.3, -0.25) is 9.59 Å². The molecular formula is C19H16ClN3O2. The number of primary amides is 1. The standard InChI is InChI=1S/C19H16ClN3O2/c1-11(14-8-4-6-12-5-2-3-7-15(12)14)23-19(25)17-16(20)9-13(10-22-17)18(21)24/h2-11H,1H3,(H2,21,24)(H,23,25)/t11-/m1/s1. The molecule has 126 valence electrons. The molecule has 0 aliphatic rings. The number of carbonyl (C=O) groups is 2. The molecule has 0 saturated carbocycles. The first-order valence-electron chi connectivity index (χ1n) is 7.71. The first kappa shape index (κ1) is 16.9. The summed E-state index contributed by atoms with van der Waals surface area (Å²) in [5.41, 5.74) is 6.39. The van der Waals surface area contributed by atoms with Crippen LogP contribution in [0.3, 0.4) is 0 Å². The second kappa shape index (κ2) is 6.91. The summed E-state index contributed by atoms with van der Waals surface area (Å²) in [6, 6.07) is 15.0. The molecule has 0 bridgehead atoms. The lowest BCUT2D eigenvalue weighted by molar-refractivity contribution is 0.0932. The third-order valence-electron chi connectivity index (χ3n) is 3.98. The van der Waals surface area contributed by atoms with Gasteiger partial charge in [-0.2, -0.15) is 0 Å². The highest BCUT2D eigenvalue weighted by Gasteiger charge is 2.18. The van der Waals surface area contributed by atoms with Crippen molar-refractivity contribution in [3.63, 3.8) is 0 Å². The van der Waals surface area contributed by atoms with Crippen molar-refractivity contribution < 1.29 is 9.59 Å². The first-order chi connectivity index (χ1) is 12.0. The maximum absolute atomic E-state index is 12.5. The van der Waals surface area contributed by atoms with Gasteiger partial charge in [0, 0.05) is 6.20 Å². The third-order valence-corrected chi connectivity index (χ3v) is 4.27. The van der Waals surface area contributed by atoms with E-state index in [1.54, 1.807) is 0 Å². The maximum Gasteiger partial charge on any atom is 0.271 e. The van der Waals surface area contributed by atoms with Crippen LogP contribution in [-0.4, -0.2) is 16.8 Å². The highest BCUT2D eigenvalue weighted by atomic mass is 35.5. The van der Waals surface area contributed by atoms with E-state index in [0.29, 0.717) is 0 Å². The number of nitrogens with two attached hydrogens (primary N) is 1. The minimum absolute atomic E-state index is 0.0544. The lowest BCUT2D eigenvalue weighted by Crippen LogP contribution is -2.28. The van der Waals surface area contributed by atoms with Crippen molar-refractivity contribution in [2.24, 2.45) is 5.73 Å². The van der Waals surface area contributed by atoms with Gasteiger partial charge in [-0.25, -0.2) is 4.98 Å². The van der Waals surface area contributed by atoms with Crippen molar-refractivity contribution >= 4 is 34.2 Å². The van der Waals surface area contributed by atoms with E-state index in [1.165, 1.54) is 12.3 Å². The van der Waals surface area contributed by atoms with Gasteiger partial charge in [-0.1, -0.05) is 54.1 Å². The van der Waals surface area contributed by atoms with Gasteiger partial charge >= 0.3 is 0 Å². The summed E-state index contributed by atoms with van der Waals surface area (Å²) in [4.78, 5) is 27.6. The fraction of sp³-hybridized carbons (Fsp3) is 0.105. The second-order valence-electron chi connectivity index (χ2n) is 5.68. The molecule has 0 saturated heterocycles. The molecule has 3 rings (SSSR count). The summed E-state index contributed by atoms with van der Waals surface area (Å²) in [6.07, 6.45) is 1.24. The van der Waals surface area contributed by atoms with Crippen LogP contribution in [0.25, 0.3) is 10.8 Å². The van der Waals surface area contributed by atoms with Gasteiger partial charge in [0.15, 0.2) is 0 Å². The monoisotopic (exact) mass is 353 g/mol. The summed E-state index contributed by atoms with van der Waals surface area (Å²) in [6.45, 7) is 1.89. The number of benzene rings is 2. The molecule has 2 aromatic carbocycles. The van der Waals surface area contributed by atoms with Gasteiger partial charge in [0.1, 0.15) is 5.69 Å². The summed E-state index contributed by atoms with van der Waals surface area (Å²) in [5, 5.41) is 5.14. The highest BCUT2D eigenvalue weighted by molar-refractivity contribution is 6.33.